The molecule has 3 aromatic rings. The number of hydrogen-bond donors (Lipinski definition) is 0. The second kappa shape index (κ2) is 6.55. The lowest BCUT2D eigenvalue weighted by atomic mass is 10.2. The predicted molar refractivity (Wildman–Crippen MR) is 103 cm³/mol. The van der Waals surface area contributed by atoms with Gasteiger partial charge in [0.15, 0.2) is 4.96 Å². The Labute approximate surface area is 155 Å². The van der Waals surface area contributed by atoms with E-state index in [0.29, 0.717) is 6.04 Å². The summed E-state index contributed by atoms with van der Waals surface area (Å²) >= 11 is 3.32. The molecular formula is C18H22N4OS2. The molecule has 0 aliphatic carbocycles. The number of nitrogens with zero attached hydrogens (tertiary/aromatic N) is 4. The molecule has 1 amide bonds. The maximum Gasteiger partial charge on any atom is 0.263 e. The van der Waals surface area contributed by atoms with Crippen LogP contribution in [0.3, 0.4) is 0 Å². The fourth-order valence-electron chi connectivity index (χ4n) is 3.53. The van der Waals surface area contributed by atoms with Crippen LogP contribution in [0.5, 0.6) is 0 Å². The fraction of sp³-hybridized carbons (Fsp3) is 0.444. The van der Waals surface area contributed by atoms with Crippen LogP contribution in [0.25, 0.3) is 4.96 Å². The molecule has 1 aliphatic heterocycles. The van der Waals surface area contributed by atoms with Crippen molar-refractivity contribution in [2.24, 2.45) is 0 Å². The van der Waals surface area contributed by atoms with Gasteiger partial charge in [0.05, 0.1) is 16.3 Å². The minimum absolute atomic E-state index is 0.0902. The molecule has 0 bridgehead atoms. The van der Waals surface area contributed by atoms with E-state index in [9.17, 15) is 4.79 Å². The number of imidazole rings is 1. The molecule has 1 saturated heterocycles. The van der Waals surface area contributed by atoms with Crippen LogP contribution in [0.2, 0.25) is 0 Å². The van der Waals surface area contributed by atoms with Gasteiger partial charge in [0, 0.05) is 43.1 Å². The highest BCUT2D eigenvalue weighted by molar-refractivity contribution is 7.15. The Morgan fingerprint density at radius 2 is 2.24 bits per heavy atom. The van der Waals surface area contributed by atoms with Crippen LogP contribution in [0.1, 0.15) is 44.8 Å². The van der Waals surface area contributed by atoms with Crippen LogP contribution in [0, 0.1) is 6.92 Å². The van der Waals surface area contributed by atoms with Crippen LogP contribution >= 0.6 is 22.7 Å². The molecule has 25 heavy (non-hydrogen) atoms. The van der Waals surface area contributed by atoms with Crippen molar-refractivity contribution in [3.63, 3.8) is 0 Å². The van der Waals surface area contributed by atoms with E-state index in [2.05, 4.69) is 38.9 Å². The molecule has 4 heterocycles. The van der Waals surface area contributed by atoms with Gasteiger partial charge in [-0.2, -0.15) is 0 Å². The van der Waals surface area contributed by atoms with E-state index < -0.39 is 0 Å². The van der Waals surface area contributed by atoms with Gasteiger partial charge in [-0.25, -0.2) is 4.98 Å². The number of rotatable bonds is 4. The largest absolute Gasteiger partial charge is 0.344 e. The Kier molecular flexibility index (Phi) is 4.39. The molecule has 4 rings (SSSR count). The number of fused-ring (bicyclic) bond motifs is 1. The highest BCUT2D eigenvalue weighted by Crippen LogP contribution is 2.37. The first-order valence-electron chi connectivity index (χ1n) is 8.51. The van der Waals surface area contributed by atoms with Crippen LogP contribution in [0.4, 0.5) is 0 Å². The topological polar surface area (TPSA) is 40.9 Å². The first kappa shape index (κ1) is 16.8. The van der Waals surface area contributed by atoms with Crippen LogP contribution in [-0.2, 0) is 6.54 Å². The second-order valence-corrected chi connectivity index (χ2v) is 8.72. The number of aromatic nitrogens is 2. The van der Waals surface area contributed by atoms with Crippen molar-refractivity contribution >= 4 is 33.5 Å². The molecule has 132 valence electrons. The molecule has 1 fully saturated rings. The van der Waals surface area contributed by atoms with Crippen molar-refractivity contribution in [2.45, 2.75) is 32.4 Å². The number of thiazole rings is 1. The quantitative estimate of drug-likeness (QED) is 0.697. The molecule has 0 radical (unpaired) electrons. The highest BCUT2D eigenvalue weighted by atomic mass is 32.1. The number of carbonyl (C=O) groups is 1. The first-order chi connectivity index (χ1) is 12.0. The Morgan fingerprint density at radius 1 is 1.40 bits per heavy atom. The van der Waals surface area contributed by atoms with Crippen molar-refractivity contribution in [1.82, 2.24) is 19.2 Å². The monoisotopic (exact) mass is 374 g/mol. The Morgan fingerprint density at radius 3 is 3.04 bits per heavy atom. The zero-order valence-electron chi connectivity index (χ0n) is 14.7. The third-order valence-electron chi connectivity index (χ3n) is 4.85. The molecule has 1 aliphatic rings. The van der Waals surface area contributed by atoms with Crippen molar-refractivity contribution in [2.75, 3.05) is 20.6 Å². The maximum atomic E-state index is 12.2. The fourth-order valence-corrected chi connectivity index (χ4v) is 5.51. The van der Waals surface area contributed by atoms with Gasteiger partial charge in [-0.1, -0.05) is 0 Å². The first-order valence-corrected chi connectivity index (χ1v) is 10.2. The van der Waals surface area contributed by atoms with Gasteiger partial charge in [-0.3, -0.25) is 14.1 Å². The molecular weight excluding hydrogens is 352 g/mol. The van der Waals surface area contributed by atoms with Crippen LogP contribution in [0.15, 0.2) is 23.7 Å². The Hall–Kier alpha value is -1.70. The minimum atomic E-state index is 0.0902. The van der Waals surface area contributed by atoms with Gasteiger partial charge in [0.1, 0.15) is 0 Å². The van der Waals surface area contributed by atoms with E-state index in [1.807, 2.05) is 6.07 Å². The van der Waals surface area contributed by atoms with E-state index in [-0.39, 0.29) is 5.91 Å². The van der Waals surface area contributed by atoms with E-state index in [4.69, 9.17) is 0 Å². The molecule has 0 saturated carbocycles. The van der Waals surface area contributed by atoms with Gasteiger partial charge in [-0.05, 0) is 38.4 Å². The number of carbonyl (C=O) groups excluding carboxylic acids is 1. The van der Waals surface area contributed by atoms with Crippen molar-refractivity contribution < 1.29 is 4.79 Å². The molecule has 1 atom stereocenters. The number of aryl methyl sites for hydroxylation is 1. The van der Waals surface area contributed by atoms with Crippen molar-refractivity contribution in [3.05, 3.63) is 44.9 Å². The minimum Gasteiger partial charge on any atom is -0.344 e. The van der Waals surface area contributed by atoms with Gasteiger partial charge in [0.2, 0.25) is 0 Å². The summed E-state index contributed by atoms with van der Waals surface area (Å²) in [5.41, 5.74) is 2.40. The molecule has 5 nitrogen and oxygen atoms in total. The van der Waals surface area contributed by atoms with E-state index in [1.165, 1.54) is 17.0 Å². The summed E-state index contributed by atoms with van der Waals surface area (Å²) in [7, 11) is 3.61. The average Bonchev–Trinajstić information content (AvgIpc) is 3.33. The molecule has 0 unspecified atom stereocenters. The average molecular weight is 375 g/mol. The summed E-state index contributed by atoms with van der Waals surface area (Å²) in [6.45, 7) is 4.10. The summed E-state index contributed by atoms with van der Waals surface area (Å²) in [6, 6.07) is 4.51. The maximum absolute atomic E-state index is 12.2. The summed E-state index contributed by atoms with van der Waals surface area (Å²) < 4.78 is 2.21. The summed E-state index contributed by atoms with van der Waals surface area (Å²) in [6.07, 6.45) is 4.46. The summed E-state index contributed by atoms with van der Waals surface area (Å²) in [4.78, 5) is 24.2. The van der Waals surface area contributed by atoms with E-state index in [1.54, 1.807) is 41.7 Å². The molecule has 7 heteroatoms. The Bertz CT molecular complexity index is 907. The van der Waals surface area contributed by atoms with Crippen molar-refractivity contribution in [3.8, 4) is 0 Å². The number of amides is 1. The zero-order chi connectivity index (χ0) is 17.6. The van der Waals surface area contributed by atoms with Crippen molar-refractivity contribution in [1.29, 1.82) is 0 Å². The molecule has 0 N–H and O–H groups in total. The van der Waals surface area contributed by atoms with Gasteiger partial charge >= 0.3 is 0 Å². The predicted octanol–water partition coefficient (Wildman–Crippen LogP) is 3.80. The smallest absolute Gasteiger partial charge is 0.263 e. The normalized spacial score (nSPS) is 18.3. The third-order valence-corrected chi connectivity index (χ3v) is 6.78. The second-order valence-electron chi connectivity index (χ2n) is 6.73. The lowest BCUT2D eigenvalue weighted by molar-refractivity contribution is 0.0832. The lowest BCUT2D eigenvalue weighted by Gasteiger charge is -2.23. The van der Waals surface area contributed by atoms with E-state index in [0.717, 1.165) is 35.0 Å². The summed E-state index contributed by atoms with van der Waals surface area (Å²) in [5, 5.41) is 2.09. The van der Waals surface area contributed by atoms with Gasteiger partial charge in [-0.15, -0.1) is 22.7 Å². The lowest BCUT2D eigenvalue weighted by Crippen LogP contribution is -2.23. The number of thiophene rings is 1. The Balaban J connectivity index is 1.58. The van der Waals surface area contributed by atoms with E-state index >= 15 is 0 Å². The SMILES string of the molecule is Cc1nc2sccn2c1CN1CCC[C@H]1c1ccc(C(=O)N(C)C)s1. The third kappa shape index (κ3) is 3.01. The number of hydrogen-bond acceptors (Lipinski definition) is 5. The highest BCUT2D eigenvalue weighted by Gasteiger charge is 2.29. The summed E-state index contributed by atoms with van der Waals surface area (Å²) in [5.74, 6) is 0.0902. The zero-order valence-corrected chi connectivity index (χ0v) is 16.4. The number of likely N-dealkylation sites (tertiary alicyclic amines) is 1. The molecule has 0 aromatic carbocycles. The van der Waals surface area contributed by atoms with Crippen LogP contribution < -0.4 is 0 Å². The standard InChI is InChI=1S/C18H22N4OS2/c1-12-14(22-9-10-24-18(22)19-12)11-21-8-4-5-13(21)15-6-7-16(25-15)17(23)20(2)3/h6-7,9-10,13H,4-5,8,11H2,1-3H3/t13-/m0/s1. The van der Waals surface area contributed by atoms with Gasteiger partial charge in [0.25, 0.3) is 5.91 Å². The van der Waals surface area contributed by atoms with Gasteiger partial charge < -0.3 is 4.90 Å². The molecule has 3 aromatic heterocycles. The molecule has 0 spiro atoms. The van der Waals surface area contributed by atoms with Crippen LogP contribution in [-0.4, -0.2) is 45.7 Å².